The highest BCUT2D eigenvalue weighted by Crippen LogP contribution is 2.30. The van der Waals surface area contributed by atoms with Gasteiger partial charge in [-0.3, -0.25) is 0 Å². The topological polar surface area (TPSA) is 52.5 Å². The number of rotatable bonds is 5. The Labute approximate surface area is 107 Å². The summed E-state index contributed by atoms with van der Waals surface area (Å²) in [7, 11) is 0. The van der Waals surface area contributed by atoms with Crippen LogP contribution in [0, 0.1) is 0 Å². The maximum Gasteiger partial charge on any atom is 0.265 e. The predicted octanol–water partition coefficient (Wildman–Crippen LogP) is 2.41. The zero-order valence-corrected chi connectivity index (χ0v) is 10.1. The van der Waals surface area contributed by atoms with E-state index in [1.807, 2.05) is 0 Å². The third-order valence-electron chi connectivity index (χ3n) is 2.07. The first-order chi connectivity index (χ1) is 7.91. The van der Waals surface area contributed by atoms with Gasteiger partial charge in [-0.15, -0.1) is 0 Å². The largest absolute Gasteiger partial charge is 0.506 e. The van der Waals surface area contributed by atoms with Gasteiger partial charge in [0.25, 0.3) is 6.43 Å². The molecule has 3 nitrogen and oxygen atoms in total. The number of aliphatic hydroxyl groups excluding tert-OH is 1. The maximum atomic E-state index is 12.0. The maximum absolute atomic E-state index is 12.0. The summed E-state index contributed by atoms with van der Waals surface area (Å²) in [6.07, 6.45) is -4.55. The highest BCUT2D eigenvalue weighted by atomic mass is 35.5. The number of phenolic OH excluding ortho intramolecular Hbond substituents is 1. The number of nitrogens with one attached hydrogen (secondary N) is 1. The monoisotopic (exact) mass is 285 g/mol. The van der Waals surface area contributed by atoms with Gasteiger partial charge in [-0.05, 0) is 12.1 Å². The zero-order chi connectivity index (χ0) is 13.0. The van der Waals surface area contributed by atoms with Gasteiger partial charge in [0, 0.05) is 23.7 Å². The summed E-state index contributed by atoms with van der Waals surface area (Å²) >= 11 is 11.4. The fourth-order valence-corrected chi connectivity index (χ4v) is 1.73. The summed E-state index contributed by atoms with van der Waals surface area (Å²) in [5.74, 6) is -0.157. The Morgan fingerprint density at radius 3 is 2.53 bits per heavy atom. The van der Waals surface area contributed by atoms with Crippen LogP contribution in [0.2, 0.25) is 10.0 Å². The Morgan fingerprint density at radius 1 is 1.29 bits per heavy atom. The molecule has 1 aromatic rings. The summed E-state index contributed by atoms with van der Waals surface area (Å²) in [5, 5.41) is 21.4. The molecule has 0 saturated carbocycles. The van der Waals surface area contributed by atoms with Crippen LogP contribution >= 0.6 is 23.2 Å². The molecule has 3 N–H and O–H groups in total. The van der Waals surface area contributed by atoms with E-state index in [4.69, 9.17) is 28.3 Å². The minimum atomic E-state index is -2.81. The molecule has 0 saturated heterocycles. The molecule has 0 radical (unpaired) electrons. The second-order valence-corrected chi connectivity index (χ2v) is 4.27. The van der Waals surface area contributed by atoms with Crippen molar-refractivity contribution in [2.24, 2.45) is 0 Å². The molecule has 96 valence electrons. The number of phenols is 1. The fraction of sp³-hybridized carbons (Fsp3) is 0.400. The van der Waals surface area contributed by atoms with Gasteiger partial charge in [-0.25, -0.2) is 8.78 Å². The lowest BCUT2D eigenvalue weighted by atomic mass is 10.2. The minimum Gasteiger partial charge on any atom is -0.506 e. The van der Waals surface area contributed by atoms with Gasteiger partial charge >= 0.3 is 0 Å². The highest BCUT2D eigenvalue weighted by molar-refractivity contribution is 6.35. The van der Waals surface area contributed by atoms with Crippen molar-refractivity contribution in [3.05, 3.63) is 27.7 Å². The third-order valence-corrected chi connectivity index (χ3v) is 2.57. The van der Waals surface area contributed by atoms with E-state index in [2.05, 4.69) is 5.32 Å². The van der Waals surface area contributed by atoms with E-state index < -0.39 is 12.5 Å². The number of aromatic hydroxyl groups is 1. The molecule has 7 heteroatoms. The Hall–Kier alpha value is -0.620. The molecule has 0 aliphatic heterocycles. The summed E-state index contributed by atoms with van der Waals surface area (Å²) in [6, 6.07) is 2.83. The molecule has 0 spiro atoms. The van der Waals surface area contributed by atoms with Gasteiger partial charge in [-0.1, -0.05) is 23.2 Å². The molecule has 0 heterocycles. The lowest BCUT2D eigenvalue weighted by Crippen LogP contribution is -2.31. The average Bonchev–Trinajstić information content (AvgIpc) is 2.24. The number of hydrogen-bond donors (Lipinski definition) is 3. The van der Waals surface area contributed by atoms with Crippen molar-refractivity contribution in [3.8, 4) is 5.75 Å². The van der Waals surface area contributed by atoms with Crippen LogP contribution < -0.4 is 5.32 Å². The summed E-state index contributed by atoms with van der Waals surface area (Å²) < 4.78 is 24.0. The van der Waals surface area contributed by atoms with E-state index in [1.54, 1.807) is 0 Å². The van der Waals surface area contributed by atoms with Crippen molar-refractivity contribution in [1.82, 2.24) is 5.32 Å². The second kappa shape index (κ2) is 6.35. The molecule has 0 aliphatic carbocycles. The van der Waals surface area contributed by atoms with Crippen molar-refractivity contribution < 1.29 is 19.0 Å². The van der Waals surface area contributed by atoms with Gasteiger partial charge in [0.1, 0.15) is 11.9 Å². The molecule has 1 rings (SSSR count). The summed E-state index contributed by atoms with van der Waals surface area (Å²) in [4.78, 5) is 0. The molecule has 0 bridgehead atoms. The van der Waals surface area contributed by atoms with Crippen LogP contribution in [0.1, 0.15) is 5.56 Å². The molecule has 0 aliphatic rings. The van der Waals surface area contributed by atoms with E-state index in [-0.39, 0.29) is 23.9 Å². The van der Waals surface area contributed by atoms with Crippen molar-refractivity contribution in [2.45, 2.75) is 19.1 Å². The predicted molar refractivity (Wildman–Crippen MR) is 61.8 cm³/mol. The molecule has 0 amide bonds. The van der Waals surface area contributed by atoms with E-state index in [9.17, 15) is 13.9 Å². The average molecular weight is 286 g/mol. The van der Waals surface area contributed by atoms with E-state index in [1.165, 1.54) is 12.1 Å². The van der Waals surface area contributed by atoms with Gasteiger partial charge in [0.2, 0.25) is 0 Å². The Kier molecular flexibility index (Phi) is 5.39. The minimum absolute atomic E-state index is 0.0793. The van der Waals surface area contributed by atoms with E-state index in [0.717, 1.165) is 0 Å². The fourth-order valence-electron chi connectivity index (χ4n) is 1.20. The molecule has 0 aromatic heterocycles. The number of hydrogen-bond acceptors (Lipinski definition) is 3. The van der Waals surface area contributed by atoms with Gasteiger partial charge in [0.05, 0.1) is 5.02 Å². The highest BCUT2D eigenvalue weighted by Gasteiger charge is 2.16. The number of aliphatic hydroxyl groups is 1. The van der Waals surface area contributed by atoms with Crippen molar-refractivity contribution in [3.63, 3.8) is 0 Å². The van der Waals surface area contributed by atoms with Crippen molar-refractivity contribution in [2.75, 3.05) is 6.54 Å². The third kappa shape index (κ3) is 4.27. The summed E-state index contributed by atoms with van der Waals surface area (Å²) in [6.45, 7) is -0.211. The number of halogens is 4. The lowest BCUT2D eigenvalue weighted by molar-refractivity contribution is -0.00342. The molecule has 1 aromatic carbocycles. The van der Waals surface area contributed by atoms with Crippen LogP contribution in [0.25, 0.3) is 0 Å². The first-order valence-corrected chi connectivity index (χ1v) is 5.51. The van der Waals surface area contributed by atoms with Crippen LogP contribution in [-0.4, -0.2) is 29.3 Å². The van der Waals surface area contributed by atoms with Gasteiger partial charge in [-0.2, -0.15) is 0 Å². The zero-order valence-electron chi connectivity index (χ0n) is 8.63. The molecular formula is C10H11Cl2F2NO2. The van der Waals surface area contributed by atoms with Crippen molar-refractivity contribution in [1.29, 1.82) is 0 Å². The molecule has 1 unspecified atom stereocenters. The number of alkyl halides is 2. The molecule has 17 heavy (non-hydrogen) atoms. The van der Waals surface area contributed by atoms with Crippen LogP contribution in [0.3, 0.4) is 0 Å². The molecule has 0 fully saturated rings. The van der Waals surface area contributed by atoms with Crippen LogP contribution in [0.15, 0.2) is 12.1 Å². The van der Waals surface area contributed by atoms with Crippen LogP contribution in [-0.2, 0) is 6.54 Å². The molecular weight excluding hydrogens is 275 g/mol. The Bertz CT molecular complexity index is 391. The van der Waals surface area contributed by atoms with Crippen molar-refractivity contribution >= 4 is 23.2 Å². The lowest BCUT2D eigenvalue weighted by Gasteiger charge is -2.12. The normalized spacial score (nSPS) is 13.1. The van der Waals surface area contributed by atoms with Gasteiger partial charge < -0.3 is 15.5 Å². The smallest absolute Gasteiger partial charge is 0.265 e. The van der Waals surface area contributed by atoms with Crippen LogP contribution in [0.5, 0.6) is 5.75 Å². The van der Waals surface area contributed by atoms with Gasteiger partial charge in [0.15, 0.2) is 0 Å². The Morgan fingerprint density at radius 2 is 1.94 bits per heavy atom. The first-order valence-electron chi connectivity index (χ1n) is 4.75. The molecule has 1 atom stereocenters. The van der Waals surface area contributed by atoms with E-state index in [0.29, 0.717) is 10.6 Å². The second-order valence-electron chi connectivity index (χ2n) is 3.43. The quantitative estimate of drug-likeness (QED) is 0.779. The Balaban J connectivity index is 2.58. The standard InChI is InChI=1S/C10H11Cl2F2NO2/c11-6-1-5(9(17)7(12)2-6)3-15-4-8(16)10(13)14/h1-2,8,10,15-17H,3-4H2. The van der Waals surface area contributed by atoms with E-state index >= 15 is 0 Å². The SMILES string of the molecule is Oc1c(Cl)cc(Cl)cc1CNCC(O)C(F)F. The summed E-state index contributed by atoms with van der Waals surface area (Å²) in [5.41, 5.74) is 0.379. The van der Waals surface area contributed by atoms with Crippen LogP contribution in [0.4, 0.5) is 8.78 Å². The number of benzene rings is 1. The first kappa shape index (κ1) is 14.4.